The number of benzene rings is 1. The summed E-state index contributed by atoms with van der Waals surface area (Å²) in [6, 6.07) is 5.34. The predicted molar refractivity (Wildman–Crippen MR) is 305 cm³/mol. The molecule has 2 saturated heterocycles. The third-order valence-corrected chi connectivity index (χ3v) is 16.9. The van der Waals surface area contributed by atoms with E-state index in [1.807, 2.05) is 41.5 Å². The highest BCUT2D eigenvalue weighted by atomic mass is 32.2. The van der Waals surface area contributed by atoms with Gasteiger partial charge in [0.05, 0.1) is 54.5 Å². The van der Waals surface area contributed by atoms with Gasteiger partial charge >= 0.3 is 5.97 Å². The number of likely N-dealkylation sites (tertiary alicyclic amines) is 2. The molecular formula is C58H96FN5O11S2. The Morgan fingerprint density at radius 1 is 0.870 bits per heavy atom. The number of rotatable bonds is 34. The number of thioether (sulfide) groups is 1. The number of thiol groups is 1. The molecule has 1 aromatic carbocycles. The van der Waals surface area contributed by atoms with Crippen molar-refractivity contribution in [3.8, 4) is 0 Å². The monoisotopic (exact) mass is 1120 g/mol. The number of likely N-dealkylation sites (N-methyl/N-ethyl adjacent to an activating group) is 2. The van der Waals surface area contributed by atoms with Crippen LogP contribution in [0.3, 0.4) is 0 Å². The van der Waals surface area contributed by atoms with E-state index in [0.29, 0.717) is 37.8 Å². The molecule has 16 nitrogen and oxygen atoms in total. The molecule has 2 aliphatic rings. The van der Waals surface area contributed by atoms with Crippen molar-refractivity contribution in [2.24, 2.45) is 29.6 Å². The predicted octanol–water partition coefficient (Wildman–Crippen LogP) is 8.32. The minimum Gasteiger partial charge on any atom is -0.480 e. The largest absolute Gasteiger partial charge is 0.480 e. The number of imide groups is 1. The number of carboxylic acid groups (broad SMARTS) is 1. The summed E-state index contributed by atoms with van der Waals surface area (Å²) in [5, 5.41) is 12.2. The molecule has 0 spiro atoms. The second kappa shape index (κ2) is 35.5. The fourth-order valence-corrected chi connectivity index (χ4v) is 12.1. The Hall–Kier alpha value is -4.07. The van der Waals surface area contributed by atoms with Crippen LogP contribution in [-0.4, -0.2) is 173 Å². The van der Waals surface area contributed by atoms with Gasteiger partial charge in [-0.05, 0) is 60.5 Å². The molecule has 0 saturated carbocycles. The Balaban J connectivity index is 0.00000386. The molecule has 438 valence electrons. The summed E-state index contributed by atoms with van der Waals surface area (Å²) in [6.45, 7) is 17.3. The number of ketones is 1. The van der Waals surface area contributed by atoms with E-state index in [4.69, 9.17) is 9.47 Å². The number of alkyl halides is 1. The Labute approximate surface area is 470 Å². The lowest BCUT2D eigenvalue weighted by Crippen LogP contribution is -2.55. The first-order valence-electron chi connectivity index (χ1n) is 28.1. The van der Waals surface area contributed by atoms with E-state index in [-0.39, 0.29) is 97.5 Å². The quantitative estimate of drug-likeness (QED) is 0.0339. The number of Topliss-reactive ketones (excluding diaryl/α,β-unsaturated/α-hetero) is 1. The maximum atomic E-state index is 15.4. The number of ether oxygens (including phenoxy) is 2. The van der Waals surface area contributed by atoms with Crippen LogP contribution in [0, 0.1) is 29.6 Å². The number of amides is 6. The highest BCUT2D eigenvalue weighted by molar-refractivity contribution is 8.00. The van der Waals surface area contributed by atoms with Gasteiger partial charge in [0, 0.05) is 72.9 Å². The van der Waals surface area contributed by atoms with E-state index in [1.54, 1.807) is 68.0 Å². The van der Waals surface area contributed by atoms with Crippen LogP contribution in [0.1, 0.15) is 151 Å². The number of carbonyl (C=O) groups is 8. The molecule has 77 heavy (non-hydrogen) atoms. The van der Waals surface area contributed by atoms with Gasteiger partial charge in [-0.1, -0.05) is 118 Å². The molecule has 2 fully saturated rings. The molecule has 2 heterocycles. The maximum absolute atomic E-state index is 15.4. The van der Waals surface area contributed by atoms with Crippen molar-refractivity contribution >= 4 is 71.6 Å². The summed E-state index contributed by atoms with van der Waals surface area (Å²) in [5.74, 6) is -3.93. The summed E-state index contributed by atoms with van der Waals surface area (Å²) in [4.78, 5) is 114. The average molecular weight is 1120 g/mol. The second-order valence-corrected chi connectivity index (χ2v) is 23.5. The second-order valence-electron chi connectivity index (χ2n) is 21.7. The Morgan fingerprint density at radius 3 is 2.05 bits per heavy atom. The number of methoxy groups -OCH3 is 2. The molecule has 0 aliphatic carbocycles. The molecule has 2 aliphatic heterocycles. The molecule has 0 bridgehead atoms. The van der Waals surface area contributed by atoms with Crippen molar-refractivity contribution in [3.63, 3.8) is 0 Å². The number of carbonyl (C=O) groups excluding carboxylic acids is 7. The number of unbranched alkanes of at least 4 members (excludes halogenated alkanes) is 4. The summed E-state index contributed by atoms with van der Waals surface area (Å²) in [7, 11) is 6.08. The van der Waals surface area contributed by atoms with Crippen molar-refractivity contribution in [3.05, 3.63) is 35.9 Å². The lowest BCUT2D eigenvalue weighted by molar-refractivity contribution is -0.150. The van der Waals surface area contributed by atoms with E-state index >= 15 is 4.39 Å². The van der Waals surface area contributed by atoms with E-state index in [2.05, 4.69) is 31.8 Å². The summed E-state index contributed by atoms with van der Waals surface area (Å²) in [6.07, 6.45) is 3.61. The standard InChI is InChI=1S/C54H86FN5O11S.C4H10S/c1-13-15-26-72-44-31-47(64)59(53(44)67)25-21-17-20-24-45(62)57(9)48(34(5)6)42(61)29-39(33(3)4)52(66)58(10)49(35(7)14-2)43(70-11)30-46(63)60-32-38(55)28-41(60)50(71-12)36(8)51(65)56-40(54(68)69)27-37-22-18-16-19-23-37;1-2-3-4-5/h16,18-19,22-23,33-36,38-41,43-44,48-50H,13-15,17,20-21,24-32H2,1-12H3,(H,56,65)(H,68,69);5H,2-4H2,1H3/t35-,36+,38-,39-,40-,41-,43+,44?,48-,49-,50+;/m0./s1. The third-order valence-electron chi connectivity index (χ3n) is 15.3. The number of halogens is 1. The molecular weight excluding hydrogens is 1030 g/mol. The van der Waals surface area contributed by atoms with E-state index < -0.39 is 72.2 Å². The van der Waals surface area contributed by atoms with Gasteiger partial charge in [-0.3, -0.25) is 38.5 Å². The van der Waals surface area contributed by atoms with Gasteiger partial charge in [-0.25, -0.2) is 9.18 Å². The lowest BCUT2D eigenvalue weighted by atomic mass is 9.83. The molecule has 19 heteroatoms. The van der Waals surface area contributed by atoms with Crippen molar-refractivity contribution < 1.29 is 57.3 Å². The lowest BCUT2D eigenvalue weighted by Gasteiger charge is -2.41. The Bertz CT molecular complexity index is 2020. The van der Waals surface area contributed by atoms with Gasteiger partial charge in [0.25, 0.3) is 0 Å². The molecule has 1 unspecified atom stereocenters. The minimum absolute atomic E-state index is 0.0443. The Kier molecular flexibility index (Phi) is 31.9. The zero-order valence-corrected chi connectivity index (χ0v) is 50.4. The number of hydrogen-bond donors (Lipinski definition) is 3. The summed E-state index contributed by atoms with van der Waals surface area (Å²) >= 11 is 5.54. The highest BCUT2D eigenvalue weighted by Gasteiger charge is 2.46. The van der Waals surface area contributed by atoms with Crippen molar-refractivity contribution in [2.45, 2.75) is 200 Å². The molecule has 11 atom stereocenters. The fraction of sp³-hybridized carbons (Fsp3) is 0.759. The van der Waals surface area contributed by atoms with Crippen molar-refractivity contribution in [2.75, 3.05) is 52.9 Å². The third kappa shape index (κ3) is 21.2. The number of hydrogen-bond acceptors (Lipinski definition) is 12. The number of nitrogens with one attached hydrogen (secondary N) is 1. The SMILES string of the molecule is CCCCS.CCCCSC1CC(=O)N(CCCCCC(=O)N(C)[C@H](C(=O)C[C@H](C(=O)N(C)[C@@H]([C@@H](C)CC)[C@@H](CC(=O)N2C[C@@H](F)C[C@H]2[C@H](OC)[C@@H](C)C(=O)N[C@@H](Cc2ccccc2)C(=O)O)OC)C(C)C)C(C)C)C1=O. The molecule has 3 rings (SSSR count). The van der Waals surface area contributed by atoms with E-state index in [0.717, 1.165) is 24.3 Å². The maximum Gasteiger partial charge on any atom is 0.326 e. The number of nitrogens with zero attached hydrogens (tertiary/aromatic N) is 4. The van der Waals surface area contributed by atoms with Crippen LogP contribution in [0.2, 0.25) is 0 Å². The van der Waals surface area contributed by atoms with Crippen LogP contribution >= 0.6 is 24.4 Å². The topological polar surface area (TPSA) is 200 Å². The molecule has 0 radical (unpaired) electrons. The molecule has 0 aromatic heterocycles. The first-order valence-corrected chi connectivity index (χ1v) is 29.8. The van der Waals surface area contributed by atoms with Crippen LogP contribution in [0.15, 0.2) is 30.3 Å². The van der Waals surface area contributed by atoms with Gasteiger partial charge in [0.2, 0.25) is 35.4 Å². The summed E-state index contributed by atoms with van der Waals surface area (Å²) in [5.41, 5.74) is 0.717. The zero-order chi connectivity index (χ0) is 58.1. The number of carboxylic acids is 1. The first-order chi connectivity index (χ1) is 36.4. The zero-order valence-electron chi connectivity index (χ0n) is 48.7. The first kappa shape index (κ1) is 69.0. The van der Waals surface area contributed by atoms with Crippen LogP contribution in [-0.2, 0) is 54.3 Å². The van der Waals surface area contributed by atoms with Crippen LogP contribution in [0.25, 0.3) is 0 Å². The summed E-state index contributed by atoms with van der Waals surface area (Å²) < 4.78 is 27.2. The van der Waals surface area contributed by atoms with Crippen molar-refractivity contribution in [1.29, 1.82) is 0 Å². The smallest absolute Gasteiger partial charge is 0.326 e. The van der Waals surface area contributed by atoms with Crippen molar-refractivity contribution in [1.82, 2.24) is 24.9 Å². The fourth-order valence-electron chi connectivity index (χ4n) is 10.5. The van der Waals surface area contributed by atoms with Gasteiger partial charge < -0.3 is 34.6 Å². The van der Waals surface area contributed by atoms with E-state index in [9.17, 15) is 43.5 Å². The van der Waals surface area contributed by atoms with E-state index in [1.165, 1.54) is 41.8 Å². The highest BCUT2D eigenvalue weighted by Crippen LogP contribution is 2.33. The number of aliphatic carboxylic acids is 1. The molecule has 6 amide bonds. The van der Waals surface area contributed by atoms with Crippen LogP contribution < -0.4 is 5.32 Å². The molecule has 2 N–H and O–H groups in total. The van der Waals surface area contributed by atoms with Crippen LogP contribution in [0.5, 0.6) is 0 Å². The average Bonchev–Trinajstić information content (AvgIpc) is 3.91. The molecule has 1 aromatic rings. The van der Waals surface area contributed by atoms with Gasteiger partial charge in [-0.15, -0.1) is 11.8 Å². The normalized spacial score (nSPS) is 19.7. The van der Waals surface area contributed by atoms with Gasteiger partial charge in [0.1, 0.15) is 12.2 Å². The minimum atomic E-state index is -1.42. The van der Waals surface area contributed by atoms with Crippen LogP contribution in [0.4, 0.5) is 4.39 Å². The van der Waals surface area contributed by atoms with Gasteiger partial charge in [0.15, 0.2) is 5.78 Å². The Morgan fingerprint density at radius 2 is 1.52 bits per heavy atom. The van der Waals surface area contributed by atoms with Gasteiger partial charge in [-0.2, -0.15) is 12.6 Å².